The number of halogens is 1. The molecule has 0 spiro atoms. The molecule has 0 aliphatic heterocycles. The lowest BCUT2D eigenvalue weighted by Crippen LogP contribution is -2.05. The van der Waals surface area contributed by atoms with Crippen LogP contribution in [0.5, 0.6) is 5.75 Å². The summed E-state index contributed by atoms with van der Waals surface area (Å²) in [5.41, 5.74) is -0.276. The SMILES string of the molecule is CC(=O)C(Br)c1c(O)cccc1[N+](=O)[O-]. The number of carbonyl (C=O) groups is 1. The minimum atomic E-state index is -0.862. The number of carbonyl (C=O) groups excluding carboxylic acids is 1. The van der Waals surface area contributed by atoms with E-state index in [2.05, 4.69) is 15.9 Å². The lowest BCUT2D eigenvalue weighted by atomic mass is 10.1. The molecule has 0 saturated carbocycles. The van der Waals surface area contributed by atoms with Crippen LogP contribution < -0.4 is 0 Å². The Balaban J connectivity index is 3.37. The molecule has 1 atom stereocenters. The van der Waals surface area contributed by atoms with Gasteiger partial charge in [-0.3, -0.25) is 14.9 Å². The van der Waals surface area contributed by atoms with E-state index in [1.54, 1.807) is 0 Å². The first-order valence-corrected chi connectivity index (χ1v) is 4.97. The van der Waals surface area contributed by atoms with E-state index in [0.29, 0.717) is 0 Å². The Kier molecular flexibility index (Phi) is 3.41. The summed E-state index contributed by atoms with van der Waals surface area (Å²) in [7, 11) is 0. The Morgan fingerprint density at radius 3 is 2.67 bits per heavy atom. The molecule has 1 N–H and O–H groups in total. The second-order valence-corrected chi connectivity index (χ2v) is 3.86. The molecule has 6 heteroatoms. The van der Waals surface area contributed by atoms with Crippen molar-refractivity contribution in [2.45, 2.75) is 11.8 Å². The van der Waals surface area contributed by atoms with Gasteiger partial charge in [0.15, 0.2) is 0 Å². The van der Waals surface area contributed by atoms with Crippen molar-refractivity contribution >= 4 is 27.4 Å². The Morgan fingerprint density at radius 1 is 1.60 bits per heavy atom. The Labute approximate surface area is 94.0 Å². The lowest BCUT2D eigenvalue weighted by Gasteiger charge is -2.08. The number of alkyl halides is 1. The van der Waals surface area contributed by atoms with Crippen LogP contribution in [0.4, 0.5) is 5.69 Å². The molecule has 80 valence electrons. The molecule has 1 aromatic carbocycles. The zero-order chi connectivity index (χ0) is 11.6. The van der Waals surface area contributed by atoms with E-state index >= 15 is 0 Å². The highest BCUT2D eigenvalue weighted by atomic mass is 79.9. The summed E-state index contributed by atoms with van der Waals surface area (Å²) >= 11 is 3.01. The molecule has 0 amide bonds. The van der Waals surface area contributed by atoms with Crippen LogP contribution in [0.3, 0.4) is 0 Å². The summed E-state index contributed by atoms with van der Waals surface area (Å²) in [5.74, 6) is -0.569. The number of hydrogen-bond donors (Lipinski definition) is 1. The number of phenols is 1. The molecule has 1 aromatic rings. The predicted molar refractivity (Wildman–Crippen MR) is 57.1 cm³/mol. The third-order valence-corrected chi connectivity index (χ3v) is 2.97. The summed E-state index contributed by atoms with van der Waals surface area (Å²) in [6, 6.07) is 3.91. The number of ketones is 1. The zero-order valence-corrected chi connectivity index (χ0v) is 9.39. The van der Waals surface area contributed by atoms with E-state index in [4.69, 9.17) is 0 Å². The number of benzene rings is 1. The van der Waals surface area contributed by atoms with Crippen LogP contribution >= 0.6 is 15.9 Å². The van der Waals surface area contributed by atoms with Gasteiger partial charge in [-0.15, -0.1) is 0 Å². The molecule has 1 rings (SSSR count). The van der Waals surface area contributed by atoms with Crippen molar-refractivity contribution in [3.8, 4) is 5.75 Å². The number of nitro benzene ring substituents is 1. The highest BCUT2D eigenvalue weighted by molar-refractivity contribution is 9.09. The molecule has 0 saturated heterocycles. The number of phenolic OH excluding ortho intramolecular Hbond substituents is 1. The molecule has 0 heterocycles. The van der Waals surface area contributed by atoms with Gasteiger partial charge in [0.2, 0.25) is 0 Å². The average molecular weight is 274 g/mol. The van der Waals surface area contributed by atoms with Gasteiger partial charge in [-0.25, -0.2) is 0 Å². The second kappa shape index (κ2) is 4.39. The van der Waals surface area contributed by atoms with Gasteiger partial charge in [0.05, 0.1) is 10.5 Å². The normalized spacial score (nSPS) is 12.1. The molecule has 15 heavy (non-hydrogen) atoms. The molecular weight excluding hydrogens is 266 g/mol. The molecule has 1 unspecified atom stereocenters. The highest BCUT2D eigenvalue weighted by Crippen LogP contribution is 2.37. The molecule has 0 aliphatic rings. The Morgan fingerprint density at radius 2 is 2.20 bits per heavy atom. The first-order chi connectivity index (χ1) is 6.95. The Hall–Kier alpha value is -1.43. The van der Waals surface area contributed by atoms with Crippen molar-refractivity contribution in [1.29, 1.82) is 0 Å². The molecule has 0 fully saturated rings. The molecule has 0 bridgehead atoms. The van der Waals surface area contributed by atoms with Crippen molar-refractivity contribution in [3.63, 3.8) is 0 Å². The highest BCUT2D eigenvalue weighted by Gasteiger charge is 2.26. The van der Waals surface area contributed by atoms with Gasteiger partial charge in [-0.1, -0.05) is 22.0 Å². The predicted octanol–water partition coefficient (Wildman–Crippen LogP) is 2.33. The average Bonchev–Trinajstić information content (AvgIpc) is 2.16. The first-order valence-electron chi connectivity index (χ1n) is 4.06. The van der Waals surface area contributed by atoms with Gasteiger partial charge in [0, 0.05) is 6.07 Å². The van der Waals surface area contributed by atoms with E-state index < -0.39 is 9.75 Å². The maximum atomic E-state index is 11.1. The molecule has 5 nitrogen and oxygen atoms in total. The van der Waals surface area contributed by atoms with E-state index in [1.807, 2.05) is 0 Å². The Bertz CT molecular complexity index is 419. The third kappa shape index (κ3) is 2.33. The third-order valence-electron chi connectivity index (χ3n) is 1.87. The van der Waals surface area contributed by atoms with E-state index in [-0.39, 0.29) is 22.8 Å². The topological polar surface area (TPSA) is 80.4 Å². The van der Waals surface area contributed by atoms with Crippen molar-refractivity contribution < 1.29 is 14.8 Å². The van der Waals surface area contributed by atoms with E-state index in [0.717, 1.165) is 0 Å². The van der Waals surface area contributed by atoms with Gasteiger partial charge in [0.1, 0.15) is 16.4 Å². The van der Waals surface area contributed by atoms with E-state index in [1.165, 1.54) is 25.1 Å². The largest absolute Gasteiger partial charge is 0.507 e. The summed E-state index contributed by atoms with van der Waals surface area (Å²) in [6.07, 6.45) is 0. The molecular formula is C9H8BrNO4. The molecule has 0 aromatic heterocycles. The van der Waals surface area contributed by atoms with Crippen molar-refractivity contribution in [2.75, 3.05) is 0 Å². The summed E-state index contributed by atoms with van der Waals surface area (Å²) in [5, 5.41) is 20.1. The summed E-state index contributed by atoms with van der Waals surface area (Å²) < 4.78 is 0. The van der Waals surface area contributed by atoms with Crippen LogP contribution in [-0.2, 0) is 4.79 Å². The number of nitro groups is 1. The van der Waals surface area contributed by atoms with Gasteiger partial charge in [-0.05, 0) is 13.0 Å². The number of aromatic hydroxyl groups is 1. The first kappa shape index (κ1) is 11.6. The molecule has 0 aliphatic carbocycles. The second-order valence-electron chi connectivity index (χ2n) is 2.94. The fourth-order valence-corrected chi connectivity index (χ4v) is 1.63. The smallest absolute Gasteiger partial charge is 0.277 e. The van der Waals surface area contributed by atoms with Gasteiger partial charge in [0.25, 0.3) is 5.69 Å². The fraction of sp³-hybridized carbons (Fsp3) is 0.222. The minimum absolute atomic E-state index is 0.00463. The number of hydrogen-bond acceptors (Lipinski definition) is 4. The number of rotatable bonds is 3. The maximum absolute atomic E-state index is 11.1. The fourth-order valence-electron chi connectivity index (χ4n) is 1.16. The van der Waals surface area contributed by atoms with Gasteiger partial charge >= 0.3 is 0 Å². The lowest BCUT2D eigenvalue weighted by molar-refractivity contribution is -0.385. The van der Waals surface area contributed by atoms with Crippen LogP contribution in [0.2, 0.25) is 0 Å². The zero-order valence-electron chi connectivity index (χ0n) is 7.81. The maximum Gasteiger partial charge on any atom is 0.277 e. The summed E-state index contributed by atoms with van der Waals surface area (Å²) in [6.45, 7) is 1.29. The van der Waals surface area contributed by atoms with Gasteiger partial charge in [-0.2, -0.15) is 0 Å². The quantitative estimate of drug-likeness (QED) is 0.521. The number of nitrogens with zero attached hydrogens (tertiary/aromatic N) is 1. The van der Waals surface area contributed by atoms with Crippen LogP contribution in [-0.4, -0.2) is 15.8 Å². The van der Waals surface area contributed by atoms with Crippen molar-refractivity contribution in [2.24, 2.45) is 0 Å². The van der Waals surface area contributed by atoms with Crippen LogP contribution in [0.25, 0.3) is 0 Å². The van der Waals surface area contributed by atoms with Gasteiger partial charge < -0.3 is 5.11 Å². The number of Topliss-reactive ketones (excluding diaryl/α,β-unsaturated/α-hetero) is 1. The molecule has 0 radical (unpaired) electrons. The van der Waals surface area contributed by atoms with Crippen molar-refractivity contribution in [1.82, 2.24) is 0 Å². The summed E-state index contributed by atoms with van der Waals surface area (Å²) in [4.78, 5) is 20.3. The van der Waals surface area contributed by atoms with Crippen LogP contribution in [0.15, 0.2) is 18.2 Å². The standard InChI is InChI=1S/C9H8BrNO4/c1-5(12)9(10)8-6(11(14)15)3-2-4-7(8)13/h2-4,9,13H,1H3. The monoisotopic (exact) mass is 273 g/mol. The van der Waals surface area contributed by atoms with Crippen LogP contribution in [0.1, 0.15) is 17.3 Å². The van der Waals surface area contributed by atoms with E-state index in [9.17, 15) is 20.0 Å². The minimum Gasteiger partial charge on any atom is -0.507 e. The van der Waals surface area contributed by atoms with Crippen LogP contribution in [0, 0.1) is 10.1 Å². The van der Waals surface area contributed by atoms with Crippen molar-refractivity contribution in [3.05, 3.63) is 33.9 Å².